The van der Waals surface area contributed by atoms with E-state index in [1.807, 2.05) is 6.92 Å². The van der Waals surface area contributed by atoms with Crippen molar-refractivity contribution < 1.29 is 19.0 Å². The van der Waals surface area contributed by atoms with Gasteiger partial charge in [0.2, 0.25) is 0 Å². The van der Waals surface area contributed by atoms with Crippen LogP contribution in [0.5, 0.6) is 0 Å². The lowest BCUT2D eigenvalue weighted by Crippen LogP contribution is -2.47. The number of aliphatic hydroxyl groups is 1. The van der Waals surface area contributed by atoms with Crippen molar-refractivity contribution in [2.45, 2.75) is 64.1 Å². The maximum atomic E-state index is 14.7. The maximum absolute atomic E-state index is 14.7. The van der Waals surface area contributed by atoms with Crippen LogP contribution in [0.15, 0.2) is 27.0 Å². The van der Waals surface area contributed by atoms with Gasteiger partial charge in [0.25, 0.3) is 5.56 Å². The maximum Gasteiger partial charge on any atom is 0.340 e. The predicted molar refractivity (Wildman–Crippen MR) is 102 cm³/mol. The van der Waals surface area contributed by atoms with Crippen molar-refractivity contribution in [1.82, 2.24) is 4.57 Å². The predicted octanol–water partition coefficient (Wildman–Crippen LogP) is 2.21. The molecule has 5 unspecified atom stereocenters. The van der Waals surface area contributed by atoms with Crippen molar-refractivity contribution in [1.29, 1.82) is 0 Å². The number of carbonyl (C=O) groups excluding carboxylic acids is 1. The van der Waals surface area contributed by atoms with Gasteiger partial charge in [0, 0.05) is 17.9 Å². The summed E-state index contributed by atoms with van der Waals surface area (Å²) in [7, 11) is 0. The van der Waals surface area contributed by atoms with Crippen LogP contribution in [0, 0.1) is 17.8 Å². The quantitative estimate of drug-likeness (QED) is 0.680. The number of ether oxygens (including phenoxy) is 1. The van der Waals surface area contributed by atoms with E-state index in [2.05, 4.69) is 0 Å². The lowest BCUT2D eigenvalue weighted by atomic mass is 9.59. The number of pyridine rings is 1. The molecule has 152 valence electrons. The highest BCUT2D eigenvalue weighted by molar-refractivity contribution is 6.15. The highest BCUT2D eigenvalue weighted by Crippen LogP contribution is 2.52. The highest BCUT2D eigenvalue weighted by atomic mass is 19.1. The molecule has 7 heteroatoms. The molecule has 6 atom stereocenters. The summed E-state index contributed by atoms with van der Waals surface area (Å²) in [5.74, 6) is -0.104. The number of fused-ring (bicyclic) bond motifs is 4. The first-order chi connectivity index (χ1) is 14.0. The molecule has 0 bridgehead atoms. The largest absolute Gasteiger partial charge is 0.458 e. The smallest absolute Gasteiger partial charge is 0.340 e. The van der Waals surface area contributed by atoms with E-state index in [-0.39, 0.29) is 30.0 Å². The minimum Gasteiger partial charge on any atom is -0.458 e. The Balaban J connectivity index is 1.54. The first-order valence-electron chi connectivity index (χ1n) is 10.5. The van der Waals surface area contributed by atoms with E-state index in [0.29, 0.717) is 35.7 Å². The van der Waals surface area contributed by atoms with Crippen LogP contribution in [0.1, 0.15) is 55.5 Å². The minimum atomic E-state index is -1.45. The van der Waals surface area contributed by atoms with E-state index < -0.39 is 18.2 Å². The topological polar surface area (TPSA) is 80.9 Å². The van der Waals surface area contributed by atoms with Gasteiger partial charge in [0.05, 0.1) is 29.6 Å². The Kier molecular flexibility index (Phi) is 3.56. The van der Waals surface area contributed by atoms with Crippen molar-refractivity contribution in [3.63, 3.8) is 0 Å². The van der Waals surface area contributed by atoms with Gasteiger partial charge in [-0.15, -0.1) is 0 Å². The molecule has 29 heavy (non-hydrogen) atoms. The number of nitrogens with zero attached hydrogens (tertiary/aromatic N) is 2. The molecule has 1 aromatic heterocycles. The number of cyclic esters (lactones) is 1. The molecule has 6 nitrogen and oxygen atoms in total. The number of hydrogen-bond acceptors (Lipinski definition) is 5. The minimum absolute atomic E-state index is 0.0426. The van der Waals surface area contributed by atoms with Crippen molar-refractivity contribution in [3.8, 4) is 0 Å². The zero-order valence-corrected chi connectivity index (χ0v) is 16.2. The summed E-state index contributed by atoms with van der Waals surface area (Å²) < 4.78 is 21.4. The van der Waals surface area contributed by atoms with E-state index >= 15 is 0 Å². The van der Waals surface area contributed by atoms with Crippen LogP contribution in [0.4, 0.5) is 4.39 Å². The summed E-state index contributed by atoms with van der Waals surface area (Å²) in [5.41, 5.74) is 4.26. The molecule has 2 fully saturated rings. The third-order valence-corrected chi connectivity index (χ3v) is 7.81. The van der Waals surface area contributed by atoms with Gasteiger partial charge in [0.15, 0.2) is 6.10 Å². The molecule has 3 aliphatic heterocycles. The number of alkyl halides is 1. The Bertz CT molecular complexity index is 1070. The third-order valence-electron chi connectivity index (χ3n) is 7.81. The molecule has 0 aromatic carbocycles. The van der Waals surface area contributed by atoms with Crippen molar-refractivity contribution in [3.05, 3.63) is 44.4 Å². The number of aliphatic hydroxyl groups excluding tert-OH is 1. The molecule has 0 radical (unpaired) electrons. The molecule has 6 rings (SSSR count). The Morgan fingerprint density at radius 1 is 1.34 bits per heavy atom. The summed E-state index contributed by atoms with van der Waals surface area (Å²) in [5, 5.41) is 10.3. The molecular formula is C22H23FN2O4. The van der Waals surface area contributed by atoms with Crippen molar-refractivity contribution in [2.24, 2.45) is 22.7 Å². The van der Waals surface area contributed by atoms with Crippen LogP contribution in [0.25, 0.3) is 0 Å². The summed E-state index contributed by atoms with van der Waals surface area (Å²) in [6, 6.07) is 1.63. The van der Waals surface area contributed by atoms with Gasteiger partial charge in [-0.3, -0.25) is 9.79 Å². The van der Waals surface area contributed by atoms with Gasteiger partial charge < -0.3 is 14.4 Å². The summed E-state index contributed by atoms with van der Waals surface area (Å²) in [6.45, 7) is 2.37. The highest BCUT2D eigenvalue weighted by Gasteiger charge is 2.50. The number of aliphatic imine (C=N–C) groups is 1. The number of carbonyl (C=O) groups is 1. The second kappa shape index (κ2) is 5.88. The SMILES string of the molecule is CC1C(F)CC2N=C3C(=C4CCCC1C42)Cn1c3cc2c(c1=O)COC(=O)[C@H]2O. The number of esters is 1. The number of allylic oxidation sites excluding steroid dienone is 1. The van der Waals surface area contributed by atoms with E-state index in [0.717, 1.165) is 30.5 Å². The fraction of sp³-hybridized carbons (Fsp3) is 0.591. The Morgan fingerprint density at radius 2 is 2.17 bits per heavy atom. The zero-order chi connectivity index (χ0) is 20.0. The van der Waals surface area contributed by atoms with Gasteiger partial charge >= 0.3 is 5.97 Å². The molecule has 5 aliphatic rings. The first-order valence-corrected chi connectivity index (χ1v) is 10.5. The number of aromatic nitrogens is 1. The third kappa shape index (κ3) is 2.22. The van der Waals surface area contributed by atoms with Crippen LogP contribution >= 0.6 is 0 Å². The van der Waals surface area contributed by atoms with Crippen LogP contribution in [-0.4, -0.2) is 33.6 Å². The molecular weight excluding hydrogens is 375 g/mol. The molecule has 2 aliphatic carbocycles. The fourth-order valence-corrected chi connectivity index (χ4v) is 6.34. The molecule has 4 heterocycles. The average Bonchev–Trinajstić information content (AvgIpc) is 3.08. The standard InChI is InChI=1S/C22H23FN2O4/c1-9-10-3-2-4-11-13-7-25-17(19(13)24-16(18(10)11)6-15(9)23)5-12-14(21(25)27)8-29-22(28)20(12)26/h5,9-10,15-16,18,20,26H,2-4,6-8H2,1H3/t9?,10?,15?,16?,18?,20-/m0/s1. The number of dihydropyridines is 1. The molecule has 2 saturated carbocycles. The summed E-state index contributed by atoms with van der Waals surface area (Å²) in [6.07, 6.45) is 1.18. The van der Waals surface area contributed by atoms with Gasteiger partial charge in [-0.05, 0) is 42.7 Å². The lowest BCUT2D eigenvalue weighted by Gasteiger charge is -2.48. The van der Waals surface area contributed by atoms with Gasteiger partial charge in [0.1, 0.15) is 12.8 Å². The van der Waals surface area contributed by atoms with Crippen molar-refractivity contribution >= 4 is 11.7 Å². The summed E-state index contributed by atoms with van der Waals surface area (Å²) >= 11 is 0. The Morgan fingerprint density at radius 3 is 3.00 bits per heavy atom. The molecule has 1 N–H and O–H groups in total. The normalized spacial score (nSPS) is 37.2. The van der Waals surface area contributed by atoms with E-state index in [1.165, 1.54) is 5.57 Å². The fourth-order valence-electron chi connectivity index (χ4n) is 6.34. The van der Waals surface area contributed by atoms with Crippen molar-refractivity contribution in [2.75, 3.05) is 0 Å². The van der Waals surface area contributed by atoms with E-state index in [9.17, 15) is 19.1 Å². The Labute approximate surface area is 167 Å². The van der Waals surface area contributed by atoms with Crippen LogP contribution in [0.2, 0.25) is 0 Å². The molecule has 0 amide bonds. The monoisotopic (exact) mass is 398 g/mol. The van der Waals surface area contributed by atoms with Crippen LogP contribution < -0.4 is 5.56 Å². The zero-order valence-electron chi connectivity index (χ0n) is 16.2. The van der Waals surface area contributed by atoms with E-state index in [4.69, 9.17) is 9.73 Å². The lowest BCUT2D eigenvalue weighted by molar-refractivity contribution is -0.157. The molecule has 1 aromatic rings. The second-order valence-corrected chi connectivity index (χ2v) is 9.11. The van der Waals surface area contributed by atoms with Gasteiger partial charge in [-0.2, -0.15) is 0 Å². The van der Waals surface area contributed by atoms with Gasteiger partial charge in [-0.25, -0.2) is 9.18 Å². The van der Waals surface area contributed by atoms with Gasteiger partial charge in [-0.1, -0.05) is 12.5 Å². The van der Waals surface area contributed by atoms with E-state index in [1.54, 1.807) is 10.6 Å². The second-order valence-electron chi connectivity index (χ2n) is 9.11. The summed E-state index contributed by atoms with van der Waals surface area (Å²) in [4.78, 5) is 29.9. The number of hydrogen-bond donors (Lipinski definition) is 1. The van der Waals surface area contributed by atoms with Crippen LogP contribution in [-0.2, 0) is 22.7 Å². The molecule has 0 spiro atoms. The number of rotatable bonds is 0. The number of halogens is 1. The van der Waals surface area contributed by atoms with Crippen LogP contribution in [0.3, 0.4) is 0 Å². The average molecular weight is 398 g/mol. The first kappa shape index (κ1) is 17.6. The Hall–Kier alpha value is -2.28. The molecule has 0 saturated heterocycles.